The van der Waals surface area contributed by atoms with Gasteiger partial charge >= 0.3 is 0 Å². The van der Waals surface area contributed by atoms with E-state index < -0.39 is 0 Å². The zero-order chi connectivity index (χ0) is 13.7. The summed E-state index contributed by atoms with van der Waals surface area (Å²) in [6.07, 6.45) is 0. The molecule has 1 heterocycles. The highest BCUT2D eigenvalue weighted by Gasteiger charge is 2.09. The molecule has 0 saturated heterocycles. The lowest BCUT2D eigenvalue weighted by molar-refractivity contribution is -0.641. The molecule has 7 heteroatoms. The molecule has 0 saturated carbocycles. The highest BCUT2D eigenvalue weighted by atomic mass is 16.5. The molecule has 0 unspecified atom stereocenters. The van der Waals surface area contributed by atoms with E-state index >= 15 is 0 Å². The minimum Gasteiger partial charge on any atom is -0.594 e. The summed E-state index contributed by atoms with van der Waals surface area (Å²) in [6.45, 7) is 2.94. The van der Waals surface area contributed by atoms with Crippen molar-refractivity contribution in [1.29, 1.82) is 0 Å². The maximum atomic E-state index is 11.7. The van der Waals surface area contributed by atoms with Gasteiger partial charge in [-0.25, -0.2) is 4.98 Å². The number of anilines is 1. The van der Waals surface area contributed by atoms with Crippen LogP contribution >= 0.6 is 0 Å². The van der Waals surface area contributed by atoms with Crippen LogP contribution in [0.2, 0.25) is 0 Å². The van der Waals surface area contributed by atoms with Gasteiger partial charge in [-0.15, -0.1) is 0 Å². The van der Waals surface area contributed by atoms with Gasteiger partial charge in [-0.1, -0.05) is 12.1 Å². The van der Waals surface area contributed by atoms with Gasteiger partial charge in [-0.3, -0.25) is 0 Å². The van der Waals surface area contributed by atoms with Crippen LogP contribution in [-0.2, 0) is 0 Å². The highest BCUT2D eigenvalue weighted by Crippen LogP contribution is 2.07. The number of hydrogen-bond acceptors (Lipinski definition) is 6. The van der Waals surface area contributed by atoms with Crippen LogP contribution < -0.4 is 15.9 Å². The van der Waals surface area contributed by atoms with E-state index in [0.29, 0.717) is 34.9 Å². The summed E-state index contributed by atoms with van der Waals surface area (Å²) < 4.78 is 0. The molecule has 0 bridgehead atoms. The summed E-state index contributed by atoms with van der Waals surface area (Å²) in [6, 6.07) is 7.11. The first-order valence-electron chi connectivity index (χ1n) is 6.20. The molecule has 19 heavy (non-hydrogen) atoms. The van der Waals surface area contributed by atoms with Crippen molar-refractivity contribution < 1.29 is 4.85 Å². The van der Waals surface area contributed by atoms with Crippen molar-refractivity contribution in [2.24, 2.45) is 5.73 Å². The predicted octanol–water partition coefficient (Wildman–Crippen LogP) is -0.434. The molecule has 3 N–H and O–H groups in total. The van der Waals surface area contributed by atoms with E-state index in [2.05, 4.69) is 20.3 Å². The van der Waals surface area contributed by atoms with Crippen molar-refractivity contribution in [2.75, 3.05) is 38.5 Å². The Morgan fingerprint density at radius 3 is 2.95 bits per heavy atom. The summed E-state index contributed by atoms with van der Waals surface area (Å²) >= 11 is 0. The Morgan fingerprint density at radius 1 is 1.37 bits per heavy atom. The first-order valence-corrected chi connectivity index (χ1v) is 6.20. The first kappa shape index (κ1) is 13.4. The van der Waals surface area contributed by atoms with Gasteiger partial charge in [0.25, 0.3) is 11.5 Å². The lowest BCUT2D eigenvalue weighted by Crippen LogP contribution is -2.35. The molecule has 2 aromatic rings. The number of fused-ring (bicyclic) bond motifs is 1. The summed E-state index contributed by atoms with van der Waals surface area (Å²) in [4.78, 5) is 6.98. The van der Waals surface area contributed by atoms with Gasteiger partial charge in [0, 0.05) is 32.2 Å². The molecule has 2 rings (SSSR count). The number of aromatic nitrogens is 3. The predicted molar refractivity (Wildman–Crippen MR) is 73.5 cm³/mol. The summed E-state index contributed by atoms with van der Waals surface area (Å²) in [5.41, 5.74) is 6.56. The molecular weight excluding hydrogens is 244 g/mol. The molecule has 1 aromatic heterocycles. The van der Waals surface area contributed by atoms with Crippen molar-refractivity contribution in [1.82, 2.24) is 15.0 Å². The lowest BCUT2D eigenvalue weighted by atomic mass is 10.3. The number of nitrogens with two attached hydrogens (primary N) is 1. The number of nitrogens with one attached hydrogen (secondary N) is 1. The average molecular weight is 262 g/mol. The molecule has 0 spiro atoms. The third-order valence-electron chi connectivity index (χ3n) is 2.79. The fourth-order valence-corrected chi connectivity index (χ4v) is 1.76. The van der Waals surface area contributed by atoms with E-state index in [-0.39, 0.29) is 0 Å². The molecule has 0 amide bonds. The second-order valence-corrected chi connectivity index (χ2v) is 4.32. The molecule has 0 radical (unpaired) electrons. The topological polar surface area (TPSA) is 94.0 Å². The number of hydrogen-bond donors (Lipinski definition) is 2. The smallest absolute Gasteiger partial charge is 0.290 e. The van der Waals surface area contributed by atoms with E-state index in [1.165, 1.54) is 0 Å². The Labute approximate surface area is 111 Å². The molecule has 0 aliphatic carbocycles. The maximum absolute atomic E-state index is 11.7. The molecule has 0 aliphatic rings. The minimum atomic E-state index is 0.342. The summed E-state index contributed by atoms with van der Waals surface area (Å²) in [5, 5.41) is 18.6. The van der Waals surface area contributed by atoms with Crippen LogP contribution in [-0.4, -0.2) is 48.2 Å². The Hall–Kier alpha value is -1.99. The van der Waals surface area contributed by atoms with E-state index in [0.717, 1.165) is 13.1 Å². The highest BCUT2D eigenvalue weighted by molar-refractivity contribution is 5.71. The molecular formula is C12H18N6O. The average Bonchev–Trinajstić information content (AvgIpc) is 2.39. The quantitative estimate of drug-likeness (QED) is 0.542. The Kier molecular flexibility index (Phi) is 4.43. The Balaban J connectivity index is 2.01. The van der Waals surface area contributed by atoms with Crippen molar-refractivity contribution in [3.8, 4) is 0 Å². The van der Waals surface area contributed by atoms with Gasteiger partial charge in [-0.2, -0.15) is 0 Å². The monoisotopic (exact) mass is 262 g/mol. The van der Waals surface area contributed by atoms with Gasteiger partial charge in [0.2, 0.25) is 0 Å². The zero-order valence-electron chi connectivity index (χ0n) is 10.9. The Morgan fingerprint density at radius 2 is 2.16 bits per heavy atom. The number of para-hydroxylation sites is 2. The normalized spacial score (nSPS) is 11.1. The first-order chi connectivity index (χ1) is 9.20. The molecule has 0 fully saturated rings. The lowest BCUT2D eigenvalue weighted by Gasteiger charge is -2.15. The van der Waals surface area contributed by atoms with Gasteiger partial charge in [0.15, 0.2) is 0 Å². The van der Waals surface area contributed by atoms with Gasteiger partial charge < -0.3 is 21.2 Å². The van der Waals surface area contributed by atoms with Gasteiger partial charge in [-0.05, 0) is 18.0 Å². The van der Waals surface area contributed by atoms with Crippen LogP contribution in [0.25, 0.3) is 11.0 Å². The molecule has 0 atom stereocenters. The summed E-state index contributed by atoms with van der Waals surface area (Å²) in [7, 11) is 1.99. The third kappa shape index (κ3) is 3.49. The largest absolute Gasteiger partial charge is 0.594 e. The van der Waals surface area contributed by atoms with E-state index in [1.54, 1.807) is 18.2 Å². The number of rotatable bonds is 6. The van der Waals surface area contributed by atoms with Crippen LogP contribution in [0.1, 0.15) is 0 Å². The second-order valence-electron chi connectivity index (χ2n) is 4.32. The summed E-state index contributed by atoms with van der Waals surface area (Å²) in [5.74, 6) is 0.342. The molecule has 1 aromatic carbocycles. The van der Waals surface area contributed by atoms with Crippen molar-refractivity contribution >= 4 is 17.0 Å². The minimum absolute atomic E-state index is 0.342. The van der Waals surface area contributed by atoms with E-state index in [9.17, 15) is 5.21 Å². The van der Waals surface area contributed by atoms with Gasteiger partial charge in [0.05, 0.1) is 5.10 Å². The number of benzene rings is 1. The standard InChI is InChI=1S/C12H18N6O/c1-17(8-6-13)9-7-14-12-15-10-4-2-3-5-11(10)18(19)16-12/h2-5H,6-9,13H2,1H3,(H,14,15,16). The van der Waals surface area contributed by atoms with Crippen LogP contribution in [0.5, 0.6) is 0 Å². The fourth-order valence-electron chi connectivity index (χ4n) is 1.76. The van der Waals surface area contributed by atoms with Crippen LogP contribution in [0.15, 0.2) is 24.3 Å². The van der Waals surface area contributed by atoms with Crippen molar-refractivity contribution in [3.05, 3.63) is 29.5 Å². The van der Waals surface area contributed by atoms with Crippen molar-refractivity contribution in [3.63, 3.8) is 0 Å². The van der Waals surface area contributed by atoms with E-state index in [4.69, 9.17) is 5.73 Å². The van der Waals surface area contributed by atoms with Gasteiger partial charge in [0.1, 0.15) is 5.52 Å². The number of likely N-dealkylation sites (N-methyl/N-ethyl adjacent to an activating group) is 1. The zero-order valence-corrected chi connectivity index (χ0v) is 10.9. The third-order valence-corrected chi connectivity index (χ3v) is 2.79. The SMILES string of the molecule is CN(CCN)CCNc1nc2ccccc2[n+]([O-])n1. The molecule has 102 valence electrons. The maximum Gasteiger partial charge on any atom is 0.290 e. The van der Waals surface area contributed by atoms with Crippen LogP contribution in [0.4, 0.5) is 5.95 Å². The number of nitrogens with zero attached hydrogens (tertiary/aromatic N) is 4. The fraction of sp³-hybridized carbons (Fsp3) is 0.417. The molecule has 7 nitrogen and oxygen atoms in total. The van der Waals surface area contributed by atoms with E-state index in [1.807, 2.05) is 13.1 Å². The molecule has 0 aliphatic heterocycles. The van der Waals surface area contributed by atoms with Crippen LogP contribution in [0.3, 0.4) is 0 Å². The second kappa shape index (κ2) is 6.26. The Bertz CT molecular complexity index is 547. The van der Waals surface area contributed by atoms with Crippen LogP contribution in [0, 0.1) is 5.21 Å². The van der Waals surface area contributed by atoms with Crippen molar-refractivity contribution in [2.45, 2.75) is 0 Å².